The number of nitrogens with one attached hydrogen (secondary N) is 3. The molecule has 20 nitrogen and oxygen atoms in total. The number of methoxy groups -OCH3 is 2. The number of hydrogen-bond acceptors (Lipinski definition) is 15. The van der Waals surface area contributed by atoms with Crippen molar-refractivity contribution in [2.45, 2.75) is 193 Å². The number of ether oxygens (including phenoxy) is 6. The molecule has 3 heterocycles. The summed E-state index contributed by atoms with van der Waals surface area (Å²) in [6, 6.07) is 5.31. The third kappa shape index (κ3) is 18.8. The van der Waals surface area contributed by atoms with Crippen molar-refractivity contribution in [3.8, 4) is 5.75 Å². The number of benzene rings is 2. The van der Waals surface area contributed by atoms with Gasteiger partial charge in [-0.1, -0.05) is 76.1 Å². The van der Waals surface area contributed by atoms with E-state index in [-0.39, 0.29) is 97.5 Å². The summed E-state index contributed by atoms with van der Waals surface area (Å²) < 4.78 is 51.1. The van der Waals surface area contributed by atoms with E-state index in [1.165, 1.54) is 38.3 Å². The number of epoxide rings is 1. The third-order valence-electron chi connectivity index (χ3n) is 16.3. The number of primary amides is 1. The van der Waals surface area contributed by atoms with Gasteiger partial charge in [0, 0.05) is 58.2 Å². The highest BCUT2D eigenvalue weighted by Crippen LogP contribution is 2.50. The van der Waals surface area contributed by atoms with Crippen molar-refractivity contribution in [1.29, 1.82) is 0 Å². The van der Waals surface area contributed by atoms with Crippen LogP contribution in [0.4, 0.5) is 25.4 Å². The van der Waals surface area contributed by atoms with Crippen molar-refractivity contribution in [2.24, 2.45) is 29.4 Å². The van der Waals surface area contributed by atoms with Gasteiger partial charge in [0.2, 0.25) is 11.8 Å². The highest BCUT2D eigenvalue weighted by Gasteiger charge is 2.64. The van der Waals surface area contributed by atoms with Crippen LogP contribution in [0.2, 0.25) is 5.02 Å². The summed E-state index contributed by atoms with van der Waals surface area (Å²) in [6.45, 7) is 14.7. The molecule has 5 amide bonds. The van der Waals surface area contributed by atoms with E-state index in [0.29, 0.717) is 50.0 Å². The Morgan fingerprint density at radius 2 is 1.73 bits per heavy atom. The number of halogens is 2. The van der Waals surface area contributed by atoms with E-state index in [1.54, 1.807) is 52.0 Å². The molecule has 6 N–H and O–H groups in total. The molecule has 464 valence electrons. The van der Waals surface area contributed by atoms with Crippen molar-refractivity contribution < 1.29 is 76.3 Å². The number of nitrogens with zero attached hydrogens (tertiary/aromatic N) is 1. The average molecular weight is 1200 g/mol. The number of amides is 5. The Kier molecular flexibility index (Phi) is 25.3. The lowest BCUT2D eigenvalue weighted by Crippen LogP contribution is -2.53. The Hall–Kier alpha value is -6.42. The zero-order chi connectivity index (χ0) is 62.2. The summed E-state index contributed by atoms with van der Waals surface area (Å²) >= 11 is 6.82. The second kappa shape index (κ2) is 31.1. The molecule has 2 saturated heterocycles. The fourth-order valence-electron chi connectivity index (χ4n) is 11.0. The molecule has 3 aliphatic rings. The highest BCUT2D eigenvalue weighted by atomic mass is 35.5. The minimum Gasteiger partial charge on any atom is -0.495 e. The van der Waals surface area contributed by atoms with Gasteiger partial charge in [-0.3, -0.25) is 34.1 Å². The fourth-order valence-corrected chi connectivity index (χ4v) is 11.4. The number of Topliss-reactive ketones (excluding diaryl/α,β-unsaturated/α-hetero) is 2. The number of rotatable bonds is 25. The van der Waals surface area contributed by atoms with Crippen LogP contribution in [0, 0.1) is 29.5 Å². The second-order valence-electron chi connectivity index (χ2n) is 23.2. The van der Waals surface area contributed by atoms with E-state index in [9.17, 15) is 43.5 Å². The largest absolute Gasteiger partial charge is 0.495 e. The molecule has 5 rings (SSSR count). The average Bonchev–Trinajstić information content (AvgIpc) is 1.67. The Balaban J connectivity index is 1.32. The molecule has 0 spiro atoms. The molecule has 10 atom stereocenters. The minimum absolute atomic E-state index is 0.0340. The summed E-state index contributed by atoms with van der Waals surface area (Å²) in [4.78, 5) is 108. The molecule has 84 heavy (non-hydrogen) atoms. The molecule has 0 saturated carbocycles. The van der Waals surface area contributed by atoms with Crippen molar-refractivity contribution in [3.05, 3.63) is 76.1 Å². The van der Waals surface area contributed by atoms with Crippen molar-refractivity contribution >= 4 is 70.4 Å². The number of unbranched alkanes of at least 4 members (excludes halogenated alkanes) is 1. The van der Waals surface area contributed by atoms with E-state index in [1.807, 2.05) is 33.8 Å². The topological polar surface area (TPSA) is 281 Å². The normalized spacial score (nSPS) is 24.7. The summed E-state index contributed by atoms with van der Waals surface area (Å²) in [5.74, 6) is -5.04. The first-order valence-corrected chi connectivity index (χ1v) is 29.5. The number of carbonyl (C=O) groups is 8. The SMILES string of the molecule is CCC(CC)C(=O)OC(C)CCCCC(=O)C[C@H](C(=O)N[C@@H](CCCNC(N)=O)C(=O)Cc1ccc(NC(=O)O[C@H]2CC(=O)N(C)c3cc(cc(OC)c3Cl)C/C(C)=C/C=C/[C@@H](OC)[C@]3(O)CC(=O)O[C@@H](C3)[C@@H](C)[C@@H]3O[C@@]23C)c(F)c1)C(C)C. The summed E-state index contributed by atoms with van der Waals surface area (Å²) in [7, 11) is 4.39. The van der Waals surface area contributed by atoms with E-state index in [2.05, 4.69) is 16.0 Å². The molecule has 0 radical (unpaired) electrons. The maximum absolute atomic E-state index is 16.1. The molecule has 1 unspecified atom stereocenters. The van der Waals surface area contributed by atoms with Crippen molar-refractivity contribution in [2.75, 3.05) is 38.0 Å². The van der Waals surface area contributed by atoms with Gasteiger partial charge in [-0.15, -0.1) is 0 Å². The van der Waals surface area contributed by atoms with Gasteiger partial charge in [-0.2, -0.15) is 0 Å². The lowest BCUT2D eigenvalue weighted by atomic mass is 9.78. The zero-order valence-corrected chi connectivity index (χ0v) is 51.2. The van der Waals surface area contributed by atoms with Gasteiger partial charge >= 0.3 is 24.1 Å². The van der Waals surface area contributed by atoms with Gasteiger partial charge in [0.15, 0.2) is 5.78 Å². The molecule has 0 aliphatic carbocycles. The zero-order valence-electron chi connectivity index (χ0n) is 50.4. The number of anilines is 2. The van der Waals surface area contributed by atoms with E-state index < -0.39 is 101 Å². The number of hydrogen-bond donors (Lipinski definition) is 5. The monoisotopic (exact) mass is 1200 g/mol. The first kappa shape index (κ1) is 68.4. The van der Waals surface area contributed by atoms with E-state index >= 15 is 4.39 Å². The molecule has 2 aromatic carbocycles. The van der Waals surface area contributed by atoms with Gasteiger partial charge in [-0.05, 0) is 113 Å². The van der Waals surface area contributed by atoms with Gasteiger partial charge in [0.25, 0.3) is 0 Å². The Bertz CT molecular complexity index is 2750. The number of nitrogens with two attached hydrogens (primary N) is 1. The summed E-state index contributed by atoms with van der Waals surface area (Å²) in [5.41, 5.74) is 3.99. The van der Waals surface area contributed by atoms with Crippen LogP contribution in [-0.4, -0.2) is 128 Å². The minimum atomic E-state index is -1.67. The van der Waals surface area contributed by atoms with Gasteiger partial charge < -0.3 is 54.8 Å². The van der Waals surface area contributed by atoms with Crippen LogP contribution >= 0.6 is 11.6 Å². The summed E-state index contributed by atoms with van der Waals surface area (Å²) in [6.07, 6.45) is 2.66. The van der Waals surface area contributed by atoms with Crippen LogP contribution in [0.15, 0.2) is 54.1 Å². The Morgan fingerprint density at radius 3 is 2.37 bits per heavy atom. The lowest BCUT2D eigenvalue weighted by molar-refractivity contribution is -0.187. The first-order chi connectivity index (χ1) is 39.7. The number of allylic oxidation sites excluding steroid dienone is 3. The van der Waals surface area contributed by atoms with Gasteiger partial charge in [0.1, 0.15) is 51.9 Å². The van der Waals surface area contributed by atoms with Crippen LogP contribution in [-0.2, 0) is 65.3 Å². The Morgan fingerprint density at radius 1 is 1.01 bits per heavy atom. The Labute approximate surface area is 497 Å². The molecular formula is C62H87ClFN5O15. The standard InChI is InChI=1S/C62H87ClFN5O15/c1-12-41(13-2)58(75)81-37(6)19-14-15-20-42(70)31-43(35(3)4)57(74)67-46(21-17-25-66-59(65)76)48(71)29-39-23-24-45(44(64)27-39)68-60(77)83-52-32-53(72)69(9)47-28-40(30-49(79-10)55(47)63)26-36(5)18-16-22-51(80-11)62(78)33-50(82-54(73)34-62)38(7)56-61(52,8)84-56/h16,18,22-24,27-28,30,35,37-38,41,43,46,50-52,56,78H,12-15,17,19-21,25-26,29,31-34H2,1-11H3,(H,67,74)(H,68,77)(H3,65,66,76)/b22-16+,36-18+/t37?,38-,43+,46+,50+,51-,52+,56+,61+,62-/m1/s1. The molecular weight excluding hydrogens is 1110 g/mol. The van der Waals surface area contributed by atoms with Crippen LogP contribution in [0.25, 0.3) is 0 Å². The molecule has 4 bridgehead atoms. The predicted molar refractivity (Wildman–Crippen MR) is 314 cm³/mol. The number of urea groups is 1. The quantitative estimate of drug-likeness (QED) is 0.0268. The highest BCUT2D eigenvalue weighted by molar-refractivity contribution is 6.35. The van der Waals surface area contributed by atoms with E-state index in [4.69, 9.17) is 45.8 Å². The second-order valence-corrected chi connectivity index (χ2v) is 23.6. The molecule has 2 fully saturated rings. The number of aliphatic hydroxyl groups is 1. The van der Waals surface area contributed by atoms with Crippen LogP contribution < -0.4 is 31.3 Å². The number of ketones is 2. The summed E-state index contributed by atoms with van der Waals surface area (Å²) in [5, 5.41) is 19.8. The predicted octanol–water partition coefficient (Wildman–Crippen LogP) is 8.97. The molecule has 22 heteroatoms. The number of fused-ring (bicyclic) bond motifs is 5. The number of esters is 2. The lowest BCUT2D eigenvalue weighted by Gasteiger charge is -2.41. The fraction of sp³-hybridized carbons (Fsp3) is 0.613. The molecule has 2 aromatic rings. The van der Waals surface area contributed by atoms with Crippen LogP contribution in [0.1, 0.15) is 144 Å². The van der Waals surface area contributed by atoms with Gasteiger partial charge in [-0.25, -0.2) is 14.0 Å². The van der Waals surface area contributed by atoms with Crippen LogP contribution in [0.5, 0.6) is 5.75 Å². The molecule has 3 aliphatic heterocycles. The van der Waals surface area contributed by atoms with Crippen molar-refractivity contribution in [1.82, 2.24) is 10.6 Å². The third-order valence-corrected chi connectivity index (χ3v) is 16.7. The van der Waals surface area contributed by atoms with E-state index in [0.717, 1.165) is 17.2 Å². The van der Waals surface area contributed by atoms with Crippen LogP contribution in [0.3, 0.4) is 0 Å². The van der Waals surface area contributed by atoms with Crippen molar-refractivity contribution in [3.63, 3.8) is 0 Å². The maximum Gasteiger partial charge on any atom is 0.412 e. The van der Waals surface area contributed by atoms with Gasteiger partial charge in [0.05, 0.1) is 55.5 Å². The maximum atomic E-state index is 16.1. The smallest absolute Gasteiger partial charge is 0.412 e. The first-order valence-electron chi connectivity index (χ1n) is 29.1. The molecule has 0 aromatic heterocycles. The number of carbonyl (C=O) groups excluding carboxylic acids is 8.